The summed E-state index contributed by atoms with van der Waals surface area (Å²) in [6.45, 7) is 4.25. The monoisotopic (exact) mass is 383 g/mol. The molecule has 3 atom stereocenters. The van der Waals surface area contributed by atoms with Crippen molar-refractivity contribution in [2.45, 2.75) is 50.5 Å². The van der Waals surface area contributed by atoms with Gasteiger partial charge >= 0.3 is 0 Å². The molecule has 0 aromatic heterocycles. The predicted octanol–water partition coefficient (Wildman–Crippen LogP) is 4.88. The minimum atomic E-state index is -3.46. The average Bonchev–Trinajstić information content (AvgIpc) is 2.67. The van der Waals surface area contributed by atoms with Gasteiger partial charge in [-0.05, 0) is 62.1 Å². The lowest BCUT2D eigenvalue weighted by atomic mass is 9.81. The Morgan fingerprint density at radius 3 is 2.33 bits per heavy atom. The van der Waals surface area contributed by atoms with Crippen LogP contribution in [0.3, 0.4) is 0 Å². The molecule has 0 bridgehead atoms. The van der Waals surface area contributed by atoms with Crippen LogP contribution in [0.15, 0.2) is 71.6 Å². The van der Waals surface area contributed by atoms with E-state index in [4.69, 9.17) is 0 Å². The molecule has 3 nitrogen and oxygen atoms in total. The third-order valence-electron chi connectivity index (χ3n) is 5.50. The van der Waals surface area contributed by atoms with Crippen LogP contribution in [0.2, 0.25) is 0 Å². The van der Waals surface area contributed by atoms with Crippen molar-refractivity contribution >= 4 is 10.0 Å². The lowest BCUT2D eigenvalue weighted by Gasteiger charge is -2.28. The molecule has 144 valence electrons. The van der Waals surface area contributed by atoms with E-state index in [1.165, 1.54) is 5.56 Å². The summed E-state index contributed by atoms with van der Waals surface area (Å²) in [4.78, 5) is 0.333. The first-order valence-electron chi connectivity index (χ1n) is 9.75. The number of nitrogens with one attached hydrogen (secondary N) is 1. The van der Waals surface area contributed by atoms with E-state index in [0.717, 1.165) is 31.2 Å². The summed E-state index contributed by atoms with van der Waals surface area (Å²) in [6, 6.07) is 17.5. The van der Waals surface area contributed by atoms with Crippen LogP contribution < -0.4 is 4.72 Å². The summed E-state index contributed by atoms with van der Waals surface area (Å²) in [6.07, 6.45) is 8.37. The Morgan fingerprint density at radius 2 is 1.70 bits per heavy atom. The van der Waals surface area contributed by atoms with Crippen molar-refractivity contribution in [3.63, 3.8) is 0 Å². The Balaban J connectivity index is 1.54. The summed E-state index contributed by atoms with van der Waals surface area (Å²) in [5.41, 5.74) is 2.44. The highest BCUT2D eigenvalue weighted by Crippen LogP contribution is 2.28. The summed E-state index contributed by atoms with van der Waals surface area (Å²) < 4.78 is 27.9. The van der Waals surface area contributed by atoms with Gasteiger partial charge in [0.05, 0.1) is 4.90 Å². The molecule has 0 fully saturated rings. The SMILES string of the molecule is Cc1ccc(S(=O)(=O)NC2C=CC(C(C)CCc3ccccc3)CC2)cc1. The molecular weight excluding hydrogens is 354 g/mol. The zero-order valence-corrected chi connectivity index (χ0v) is 17.0. The molecule has 2 aromatic carbocycles. The quantitative estimate of drug-likeness (QED) is 0.693. The van der Waals surface area contributed by atoms with Gasteiger partial charge in [-0.15, -0.1) is 0 Å². The van der Waals surface area contributed by atoms with Crippen molar-refractivity contribution in [1.82, 2.24) is 4.72 Å². The largest absolute Gasteiger partial charge is 0.241 e. The fourth-order valence-corrected chi connectivity index (χ4v) is 4.88. The third-order valence-corrected chi connectivity index (χ3v) is 7.01. The number of hydrogen-bond acceptors (Lipinski definition) is 2. The number of allylic oxidation sites excluding steroid dienone is 1. The zero-order valence-electron chi connectivity index (χ0n) is 16.1. The number of hydrogen-bond donors (Lipinski definition) is 1. The molecule has 1 aliphatic rings. The third kappa shape index (κ3) is 5.53. The maximum Gasteiger partial charge on any atom is 0.241 e. The lowest BCUT2D eigenvalue weighted by molar-refractivity contribution is 0.351. The molecule has 27 heavy (non-hydrogen) atoms. The number of sulfonamides is 1. The van der Waals surface area contributed by atoms with Crippen molar-refractivity contribution in [2.75, 3.05) is 0 Å². The van der Waals surface area contributed by atoms with Gasteiger partial charge in [0.25, 0.3) is 0 Å². The van der Waals surface area contributed by atoms with Crippen molar-refractivity contribution < 1.29 is 8.42 Å². The zero-order chi connectivity index (χ0) is 19.3. The molecular formula is C23H29NO2S. The Labute approximate surface area is 163 Å². The standard InChI is InChI=1S/C23H29NO2S/c1-18-8-16-23(17-9-18)27(25,26)24-22-14-12-21(13-15-22)19(2)10-11-20-6-4-3-5-7-20/h3-9,12,14,16-17,19,21-22,24H,10-11,13,15H2,1-2H3. The molecule has 0 amide bonds. The Bertz CT molecular complexity index is 857. The van der Waals surface area contributed by atoms with E-state index in [9.17, 15) is 8.42 Å². The average molecular weight is 384 g/mol. The van der Waals surface area contributed by atoms with Crippen molar-refractivity contribution in [3.8, 4) is 0 Å². The van der Waals surface area contributed by atoms with Gasteiger partial charge in [-0.25, -0.2) is 13.1 Å². The van der Waals surface area contributed by atoms with Crippen molar-refractivity contribution in [1.29, 1.82) is 0 Å². The van der Waals surface area contributed by atoms with Crippen LogP contribution in [0.4, 0.5) is 0 Å². The van der Waals surface area contributed by atoms with Crippen LogP contribution in [-0.2, 0) is 16.4 Å². The molecule has 1 aliphatic carbocycles. The van der Waals surface area contributed by atoms with Gasteiger partial charge in [-0.1, -0.05) is 67.1 Å². The second-order valence-corrected chi connectivity index (χ2v) is 9.38. The van der Waals surface area contributed by atoms with Gasteiger partial charge in [-0.3, -0.25) is 0 Å². The number of rotatable bonds is 7. The second-order valence-electron chi connectivity index (χ2n) is 7.67. The van der Waals surface area contributed by atoms with Crippen LogP contribution in [0.5, 0.6) is 0 Å². The Hall–Kier alpha value is -1.91. The summed E-state index contributed by atoms with van der Waals surface area (Å²) in [5, 5.41) is 0. The van der Waals surface area contributed by atoms with E-state index in [2.05, 4.69) is 48.1 Å². The van der Waals surface area contributed by atoms with Crippen LogP contribution in [-0.4, -0.2) is 14.5 Å². The van der Waals surface area contributed by atoms with Crippen LogP contribution in [0.25, 0.3) is 0 Å². The minimum absolute atomic E-state index is 0.117. The molecule has 1 N–H and O–H groups in total. The summed E-state index contributed by atoms with van der Waals surface area (Å²) in [5.74, 6) is 1.12. The molecule has 0 heterocycles. The van der Waals surface area contributed by atoms with Gasteiger partial charge in [-0.2, -0.15) is 0 Å². The van der Waals surface area contributed by atoms with Crippen molar-refractivity contribution in [3.05, 3.63) is 77.9 Å². The smallest absolute Gasteiger partial charge is 0.207 e. The molecule has 3 rings (SSSR count). The maximum absolute atomic E-state index is 12.5. The van der Waals surface area contributed by atoms with E-state index in [0.29, 0.717) is 16.7 Å². The van der Waals surface area contributed by atoms with E-state index in [1.807, 2.05) is 25.1 Å². The van der Waals surface area contributed by atoms with E-state index in [-0.39, 0.29) is 6.04 Å². The first kappa shape index (κ1) is 19.8. The second kappa shape index (κ2) is 8.85. The topological polar surface area (TPSA) is 46.2 Å². The molecule has 0 radical (unpaired) electrons. The first-order valence-corrected chi connectivity index (χ1v) is 11.2. The molecule has 2 aromatic rings. The lowest BCUT2D eigenvalue weighted by Crippen LogP contribution is -2.35. The first-order chi connectivity index (χ1) is 12.9. The highest BCUT2D eigenvalue weighted by Gasteiger charge is 2.24. The Morgan fingerprint density at radius 1 is 1.00 bits per heavy atom. The van der Waals surface area contributed by atoms with E-state index in [1.54, 1.807) is 12.1 Å². The van der Waals surface area contributed by atoms with Gasteiger partial charge < -0.3 is 0 Å². The van der Waals surface area contributed by atoms with Crippen LogP contribution in [0.1, 0.15) is 37.3 Å². The van der Waals surface area contributed by atoms with E-state index >= 15 is 0 Å². The predicted molar refractivity (Wildman–Crippen MR) is 111 cm³/mol. The summed E-state index contributed by atoms with van der Waals surface area (Å²) >= 11 is 0. The number of benzene rings is 2. The van der Waals surface area contributed by atoms with Gasteiger partial charge in [0, 0.05) is 6.04 Å². The number of aryl methyl sites for hydroxylation is 2. The van der Waals surface area contributed by atoms with Gasteiger partial charge in [0.1, 0.15) is 0 Å². The fraction of sp³-hybridized carbons (Fsp3) is 0.391. The van der Waals surface area contributed by atoms with Crippen LogP contribution in [0, 0.1) is 18.8 Å². The highest BCUT2D eigenvalue weighted by molar-refractivity contribution is 7.89. The molecule has 0 aliphatic heterocycles. The fourth-order valence-electron chi connectivity index (χ4n) is 3.65. The molecule has 3 unspecified atom stereocenters. The highest BCUT2D eigenvalue weighted by atomic mass is 32.2. The minimum Gasteiger partial charge on any atom is -0.207 e. The summed E-state index contributed by atoms with van der Waals surface area (Å²) in [7, 11) is -3.46. The Kier molecular flexibility index (Phi) is 6.51. The van der Waals surface area contributed by atoms with Crippen molar-refractivity contribution in [2.24, 2.45) is 11.8 Å². The molecule has 0 saturated heterocycles. The maximum atomic E-state index is 12.5. The molecule has 0 saturated carbocycles. The van der Waals surface area contributed by atoms with E-state index < -0.39 is 10.0 Å². The van der Waals surface area contributed by atoms with Gasteiger partial charge in [0.15, 0.2) is 0 Å². The van der Waals surface area contributed by atoms with Gasteiger partial charge in [0.2, 0.25) is 10.0 Å². The van der Waals surface area contributed by atoms with Crippen LogP contribution >= 0.6 is 0 Å². The molecule has 0 spiro atoms. The molecule has 4 heteroatoms. The normalized spacial score (nSPS) is 21.1.